The van der Waals surface area contributed by atoms with Gasteiger partial charge in [-0.2, -0.15) is 0 Å². The third-order valence-electron chi connectivity index (χ3n) is 3.31. The van der Waals surface area contributed by atoms with E-state index in [-0.39, 0.29) is 5.41 Å². The standard InChI is InChI=1S/C17H24ClNS/c1-11(2)9-19-10-15-16(17(3,4)5)13-8-12(18)6-7-14(13)20-15/h6-8,11,19H,9-10H2,1-5H3. The Morgan fingerprint density at radius 2 is 1.95 bits per heavy atom. The molecule has 2 aromatic rings. The first-order valence-electron chi connectivity index (χ1n) is 7.21. The van der Waals surface area contributed by atoms with Crippen LogP contribution in [0.4, 0.5) is 0 Å². The second-order valence-corrected chi connectivity index (χ2v) is 8.39. The van der Waals surface area contributed by atoms with Gasteiger partial charge in [0.2, 0.25) is 0 Å². The Kier molecular flexibility index (Phi) is 4.78. The highest BCUT2D eigenvalue weighted by Gasteiger charge is 2.23. The van der Waals surface area contributed by atoms with E-state index in [1.807, 2.05) is 17.4 Å². The molecule has 1 N–H and O–H groups in total. The van der Waals surface area contributed by atoms with Crippen LogP contribution in [0.2, 0.25) is 5.02 Å². The van der Waals surface area contributed by atoms with Crippen LogP contribution < -0.4 is 5.32 Å². The summed E-state index contributed by atoms with van der Waals surface area (Å²) in [5.41, 5.74) is 1.58. The Balaban J connectivity index is 2.42. The third kappa shape index (κ3) is 3.55. The van der Waals surface area contributed by atoms with Gasteiger partial charge in [0.15, 0.2) is 0 Å². The molecule has 20 heavy (non-hydrogen) atoms. The number of benzene rings is 1. The second-order valence-electron chi connectivity index (χ2n) is 6.82. The van der Waals surface area contributed by atoms with Crippen LogP contribution in [0.3, 0.4) is 0 Å². The maximum Gasteiger partial charge on any atom is 0.0413 e. The van der Waals surface area contributed by atoms with Crippen molar-refractivity contribution in [1.29, 1.82) is 0 Å². The zero-order chi connectivity index (χ0) is 14.9. The van der Waals surface area contributed by atoms with E-state index in [0.717, 1.165) is 18.1 Å². The van der Waals surface area contributed by atoms with E-state index in [4.69, 9.17) is 11.6 Å². The molecular formula is C17H24ClNS. The maximum absolute atomic E-state index is 6.18. The zero-order valence-corrected chi connectivity index (χ0v) is 14.6. The molecular weight excluding hydrogens is 286 g/mol. The van der Waals surface area contributed by atoms with Crippen molar-refractivity contribution in [2.24, 2.45) is 5.92 Å². The Bertz CT molecular complexity index is 593. The summed E-state index contributed by atoms with van der Waals surface area (Å²) in [7, 11) is 0. The third-order valence-corrected chi connectivity index (χ3v) is 4.72. The molecule has 1 aromatic carbocycles. The summed E-state index contributed by atoms with van der Waals surface area (Å²) < 4.78 is 1.33. The lowest BCUT2D eigenvalue weighted by molar-refractivity contribution is 0.543. The molecule has 1 aromatic heterocycles. The predicted molar refractivity (Wildman–Crippen MR) is 92.1 cm³/mol. The first-order chi connectivity index (χ1) is 9.29. The van der Waals surface area contributed by atoms with Gasteiger partial charge < -0.3 is 5.32 Å². The number of hydrogen-bond donors (Lipinski definition) is 1. The lowest BCUT2D eigenvalue weighted by Gasteiger charge is -2.21. The molecule has 3 heteroatoms. The van der Waals surface area contributed by atoms with Crippen molar-refractivity contribution in [3.8, 4) is 0 Å². The van der Waals surface area contributed by atoms with Gasteiger partial charge in [-0.05, 0) is 47.0 Å². The van der Waals surface area contributed by atoms with E-state index in [2.05, 4.69) is 52.1 Å². The largest absolute Gasteiger partial charge is 0.312 e. The number of nitrogens with one attached hydrogen (secondary N) is 1. The molecule has 0 fully saturated rings. The molecule has 0 unspecified atom stereocenters. The molecule has 0 spiro atoms. The molecule has 110 valence electrons. The van der Waals surface area contributed by atoms with Crippen LogP contribution >= 0.6 is 22.9 Å². The number of rotatable bonds is 4. The van der Waals surface area contributed by atoms with Gasteiger partial charge in [-0.25, -0.2) is 0 Å². The van der Waals surface area contributed by atoms with Crippen LogP contribution in [0.15, 0.2) is 18.2 Å². The van der Waals surface area contributed by atoms with E-state index in [0.29, 0.717) is 5.92 Å². The fourth-order valence-corrected chi connectivity index (χ4v) is 4.08. The molecule has 1 nitrogen and oxygen atoms in total. The fourth-order valence-electron chi connectivity index (χ4n) is 2.54. The molecule has 2 rings (SSSR count). The van der Waals surface area contributed by atoms with E-state index in [9.17, 15) is 0 Å². The second kappa shape index (κ2) is 6.05. The molecule has 0 saturated carbocycles. The van der Waals surface area contributed by atoms with Crippen LogP contribution in [0.1, 0.15) is 45.1 Å². The summed E-state index contributed by atoms with van der Waals surface area (Å²) in [6, 6.07) is 6.24. The molecule has 0 atom stereocenters. The Morgan fingerprint density at radius 3 is 2.55 bits per heavy atom. The molecule has 0 bridgehead atoms. The van der Waals surface area contributed by atoms with Crippen molar-refractivity contribution in [3.63, 3.8) is 0 Å². The summed E-state index contributed by atoms with van der Waals surface area (Å²) in [6.45, 7) is 13.3. The normalized spacial score (nSPS) is 12.6. The Labute approximate surface area is 131 Å². The summed E-state index contributed by atoms with van der Waals surface area (Å²) in [6.07, 6.45) is 0. The van der Waals surface area contributed by atoms with Crippen molar-refractivity contribution in [1.82, 2.24) is 5.32 Å². The van der Waals surface area contributed by atoms with Gasteiger partial charge in [-0.1, -0.05) is 46.2 Å². The molecule has 0 aliphatic rings. The van der Waals surface area contributed by atoms with Crippen LogP contribution in [-0.2, 0) is 12.0 Å². The van der Waals surface area contributed by atoms with Gasteiger partial charge in [-0.3, -0.25) is 0 Å². The van der Waals surface area contributed by atoms with Gasteiger partial charge in [0.1, 0.15) is 0 Å². The highest BCUT2D eigenvalue weighted by atomic mass is 35.5. The van der Waals surface area contributed by atoms with Gasteiger partial charge >= 0.3 is 0 Å². The lowest BCUT2D eigenvalue weighted by atomic mass is 9.85. The summed E-state index contributed by atoms with van der Waals surface area (Å²) >= 11 is 8.07. The quantitative estimate of drug-likeness (QED) is 0.775. The number of fused-ring (bicyclic) bond motifs is 1. The maximum atomic E-state index is 6.18. The highest BCUT2D eigenvalue weighted by Crippen LogP contribution is 2.40. The number of halogens is 1. The Hall–Kier alpha value is -0.570. The van der Waals surface area contributed by atoms with E-state index < -0.39 is 0 Å². The number of hydrogen-bond acceptors (Lipinski definition) is 2. The Morgan fingerprint density at radius 1 is 1.25 bits per heavy atom. The predicted octanol–water partition coefficient (Wildman–Crippen LogP) is 5.60. The summed E-state index contributed by atoms with van der Waals surface area (Å²) in [5.74, 6) is 0.678. The van der Waals surface area contributed by atoms with Crippen LogP contribution in [-0.4, -0.2) is 6.54 Å². The topological polar surface area (TPSA) is 12.0 Å². The van der Waals surface area contributed by atoms with Crippen molar-refractivity contribution in [2.45, 2.75) is 46.6 Å². The average molecular weight is 310 g/mol. The molecule has 0 saturated heterocycles. The first-order valence-corrected chi connectivity index (χ1v) is 8.40. The average Bonchev–Trinajstić information content (AvgIpc) is 2.65. The molecule has 0 radical (unpaired) electrons. The van der Waals surface area contributed by atoms with Gasteiger partial charge in [0.05, 0.1) is 0 Å². The van der Waals surface area contributed by atoms with Crippen LogP contribution in [0, 0.1) is 5.92 Å². The monoisotopic (exact) mass is 309 g/mol. The SMILES string of the molecule is CC(C)CNCc1sc2ccc(Cl)cc2c1C(C)(C)C. The highest BCUT2D eigenvalue weighted by molar-refractivity contribution is 7.19. The minimum atomic E-state index is 0.137. The van der Waals surface area contributed by atoms with E-state index >= 15 is 0 Å². The smallest absolute Gasteiger partial charge is 0.0413 e. The van der Waals surface area contributed by atoms with Crippen LogP contribution in [0.5, 0.6) is 0 Å². The van der Waals surface area contributed by atoms with Gasteiger partial charge in [0, 0.05) is 21.1 Å². The van der Waals surface area contributed by atoms with E-state index in [1.165, 1.54) is 20.5 Å². The minimum absolute atomic E-state index is 0.137. The molecule has 0 amide bonds. The first kappa shape index (κ1) is 15.8. The number of thiophene rings is 1. The summed E-state index contributed by atoms with van der Waals surface area (Å²) in [5, 5.41) is 5.70. The summed E-state index contributed by atoms with van der Waals surface area (Å²) in [4.78, 5) is 1.44. The van der Waals surface area contributed by atoms with Crippen LogP contribution in [0.25, 0.3) is 10.1 Å². The lowest BCUT2D eigenvalue weighted by Crippen LogP contribution is -2.21. The fraction of sp³-hybridized carbons (Fsp3) is 0.529. The van der Waals surface area contributed by atoms with Crippen molar-refractivity contribution in [2.75, 3.05) is 6.54 Å². The van der Waals surface area contributed by atoms with E-state index in [1.54, 1.807) is 0 Å². The van der Waals surface area contributed by atoms with Crippen molar-refractivity contribution in [3.05, 3.63) is 33.7 Å². The molecule has 1 heterocycles. The van der Waals surface area contributed by atoms with Crippen molar-refractivity contribution < 1.29 is 0 Å². The van der Waals surface area contributed by atoms with Crippen molar-refractivity contribution >= 4 is 33.0 Å². The van der Waals surface area contributed by atoms with Gasteiger partial charge in [-0.15, -0.1) is 11.3 Å². The molecule has 0 aliphatic heterocycles. The molecule has 0 aliphatic carbocycles. The van der Waals surface area contributed by atoms with Gasteiger partial charge in [0.25, 0.3) is 0 Å². The zero-order valence-electron chi connectivity index (χ0n) is 13.0. The minimum Gasteiger partial charge on any atom is -0.312 e.